The molecule has 0 aliphatic carbocycles. The Labute approximate surface area is 172 Å². The molecule has 28 heavy (non-hydrogen) atoms. The third-order valence-electron chi connectivity index (χ3n) is 4.38. The minimum absolute atomic E-state index is 0.0356. The van der Waals surface area contributed by atoms with Gasteiger partial charge in [0.2, 0.25) is 10.0 Å². The molecule has 0 spiro atoms. The molecule has 0 atom stereocenters. The number of nitrogens with two attached hydrogens (primary N) is 1. The van der Waals surface area contributed by atoms with Crippen LogP contribution in [0.2, 0.25) is 0 Å². The van der Waals surface area contributed by atoms with Gasteiger partial charge in [-0.25, -0.2) is 13.6 Å². The smallest absolute Gasteiger partial charge is 0.252 e. The summed E-state index contributed by atoms with van der Waals surface area (Å²) in [6.07, 6.45) is 0. The van der Waals surface area contributed by atoms with E-state index in [1.807, 2.05) is 60.7 Å². The van der Waals surface area contributed by atoms with Gasteiger partial charge in [0.05, 0.1) is 10.5 Å². The van der Waals surface area contributed by atoms with Crippen LogP contribution in [0.4, 0.5) is 0 Å². The Kier molecular flexibility index (Phi) is 6.28. The molecule has 0 saturated heterocycles. The zero-order valence-electron chi connectivity index (χ0n) is 14.9. The molecule has 3 aromatic carbocycles. The van der Waals surface area contributed by atoms with Gasteiger partial charge in [0.1, 0.15) is 0 Å². The summed E-state index contributed by atoms with van der Waals surface area (Å²) in [6, 6.07) is 23.9. The number of carbonyl (C=O) groups is 1. The fraction of sp³-hybridized carbons (Fsp3) is 0.0952. The highest BCUT2D eigenvalue weighted by Crippen LogP contribution is 2.25. The van der Waals surface area contributed by atoms with E-state index in [0.717, 1.165) is 11.1 Å². The fourth-order valence-corrected chi connectivity index (χ4v) is 3.91. The largest absolute Gasteiger partial charge is 0.351 e. The molecule has 0 saturated carbocycles. The Morgan fingerprint density at radius 2 is 1.46 bits per heavy atom. The van der Waals surface area contributed by atoms with Crippen LogP contribution in [0.5, 0.6) is 0 Å². The van der Waals surface area contributed by atoms with Crippen molar-refractivity contribution in [3.63, 3.8) is 0 Å². The summed E-state index contributed by atoms with van der Waals surface area (Å²) in [6.45, 7) is 0.360. The van der Waals surface area contributed by atoms with Gasteiger partial charge < -0.3 is 5.32 Å². The van der Waals surface area contributed by atoms with Gasteiger partial charge in [0.25, 0.3) is 5.91 Å². The Morgan fingerprint density at radius 1 is 0.929 bits per heavy atom. The molecule has 3 N–H and O–H groups in total. The lowest BCUT2D eigenvalue weighted by Gasteiger charge is -2.19. The third kappa shape index (κ3) is 4.86. The maximum absolute atomic E-state index is 12.7. The second-order valence-corrected chi connectivity index (χ2v) is 8.69. The number of carbonyl (C=O) groups excluding carboxylic acids is 1. The van der Waals surface area contributed by atoms with Gasteiger partial charge in [-0.3, -0.25) is 4.79 Å². The number of rotatable bonds is 6. The van der Waals surface area contributed by atoms with E-state index in [1.54, 1.807) is 0 Å². The zero-order valence-corrected chi connectivity index (χ0v) is 17.3. The molecule has 1 amide bonds. The fourth-order valence-electron chi connectivity index (χ4n) is 2.94. The van der Waals surface area contributed by atoms with E-state index in [4.69, 9.17) is 5.14 Å². The molecule has 5 nitrogen and oxygen atoms in total. The van der Waals surface area contributed by atoms with Gasteiger partial charge in [-0.1, -0.05) is 60.7 Å². The second kappa shape index (κ2) is 8.68. The summed E-state index contributed by atoms with van der Waals surface area (Å²) in [5.74, 6) is -0.416. The lowest BCUT2D eigenvalue weighted by molar-refractivity contribution is 0.0951. The van der Waals surface area contributed by atoms with E-state index >= 15 is 0 Å². The first-order valence-electron chi connectivity index (χ1n) is 8.56. The van der Waals surface area contributed by atoms with Crippen LogP contribution in [-0.4, -0.2) is 20.9 Å². The quantitative estimate of drug-likeness (QED) is 0.590. The predicted octanol–water partition coefficient (Wildman–Crippen LogP) is 3.66. The Balaban J connectivity index is 1.85. The number of primary sulfonamides is 1. The standard InChI is InChI=1S/C21H19BrN2O3S/c22-20-12-11-17(28(23,26)27)13-18(20)21(25)24-14-19(15-7-3-1-4-8-15)16-9-5-2-6-10-16/h1-13,19H,14H2,(H,24,25)(H2,23,26,27). The normalized spacial score (nSPS) is 11.4. The van der Waals surface area contributed by atoms with E-state index < -0.39 is 10.0 Å². The average molecular weight is 459 g/mol. The van der Waals surface area contributed by atoms with Crippen molar-refractivity contribution in [3.8, 4) is 0 Å². The maximum atomic E-state index is 12.7. The number of nitrogens with one attached hydrogen (secondary N) is 1. The Bertz CT molecular complexity index is 1030. The average Bonchev–Trinajstić information content (AvgIpc) is 2.69. The maximum Gasteiger partial charge on any atom is 0.252 e. The van der Waals surface area contributed by atoms with Gasteiger partial charge in [0.15, 0.2) is 0 Å². The van der Waals surface area contributed by atoms with Crippen molar-refractivity contribution >= 4 is 31.9 Å². The summed E-state index contributed by atoms with van der Waals surface area (Å²) in [5.41, 5.74) is 2.36. The summed E-state index contributed by atoms with van der Waals surface area (Å²) < 4.78 is 23.7. The monoisotopic (exact) mass is 458 g/mol. The molecule has 0 radical (unpaired) electrons. The molecule has 7 heteroatoms. The minimum Gasteiger partial charge on any atom is -0.351 e. The van der Waals surface area contributed by atoms with Crippen molar-refractivity contribution in [1.29, 1.82) is 0 Å². The zero-order chi connectivity index (χ0) is 20.1. The highest BCUT2D eigenvalue weighted by molar-refractivity contribution is 9.10. The second-order valence-electron chi connectivity index (χ2n) is 6.27. The number of hydrogen-bond donors (Lipinski definition) is 2. The molecule has 0 heterocycles. The van der Waals surface area contributed by atoms with Crippen molar-refractivity contribution in [2.75, 3.05) is 6.54 Å². The highest BCUT2D eigenvalue weighted by Gasteiger charge is 2.19. The van der Waals surface area contributed by atoms with E-state index in [2.05, 4.69) is 21.2 Å². The molecule has 144 valence electrons. The molecular formula is C21H19BrN2O3S. The van der Waals surface area contributed by atoms with Crippen LogP contribution in [0, 0.1) is 0 Å². The van der Waals surface area contributed by atoms with Crippen LogP contribution < -0.4 is 10.5 Å². The third-order valence-corrected chi connectivity index (χ3v) is 5.98. The van der Waals surface area contributed by atoms with Crippen LogP contribution in [-0.2, 0) is 10.0 Å². The van der Waals surface area contributed by atoms with Crippen molar-refractivity contribution in [1.82, 2.24) is 5.32 Å². The van der Waals surface area contributed by atoms with Crippen LogP contribution in [0.25, 0.3) is 0 Å². The number of halogens is 1. The van der Waals surface area contributed by atoms with Crippen LogP contribution in [0.1, 0.15) is 27.4 Å². The Hall–Kier alpha value is -2.48. The van der Waals surface area contributed by atoms with Gasteiger partial charge in [-0.15, -0.1) is 0 Å². The summed E-state index contributed by atoms with van der Waals surface area (Å²) in [5, 5.41) is 8.09. The molecule has 0 aromatic heterocycles. The molecule has 0 fully saturated rings. The number of sulfonamides is 1. The minimum atomic E-state index is -3.89. The van der Waals surface area contributed by atoms with E-state index in [0.29, 0.717) is 11.0 Å². The van der Waals surface area contributed by atoms with Crippen molar-refractivity contribution < 1.29 is 13.2 Å². The van der Waals surface area contributed by atoms with Crippen molar-refractivity contribution in [2.45, 2.75) is 10.8 Å². The van der Waals surface area contributed by atoms with E-state index in [1.165, 1.54) is 18.2 Å². The SMILES string of the molecule is NS(=O)(=O)c1ccc(Br)c(C(=O)NCC(c2ccccc2)c2ccccc2)c1. The van der Waals surface area contributed by atoms with Gasteiger partial charge >= 0.3 is 0 Å². The lowest BCUT2D eigenvalue weighted by Crippen LogP contribution is -2.29. The highest BCUT2D eigenvalue weighted by atomic mass is 79.9. The molecule has 3 rings (SSSR count). The van der Waals surface area contributed by atoms with Crippen LogP contribution >= 0.6 is 15.9 Å². The number of amides is 1. The van der Waals surface area contributed by atoms with Gasteiger partial charge in [-0.05, 0) is 45.3 Å². The lowest BCUT2D eigenvalue weighted by atomic mass is 9.91. The molecule has 3 aromatic rings. The summed E-state index contributed by atoms with van der Waals surface area (Å²) >= 11 is 3.30. The molecular weight excluding hydrogens is 440 g/mol. The van der Waals surface area contributed by atoms with Crippen LogP contribution in [0.15, 0.2) is 88.2 Å². The first kappa shape index (κ1) is 20.3. The summed E-state index contributed by atoms with van der Waals surface area (Å²) in [7, 11) is -3.89. The van der Waals surface area contributed by atoms with E-state index in [9.17, 15) is 13.2 Å². The summed E-state index contributed by atoms with van der Waals surface area (Å²) in [4.78, 5) is 12.6. The topological polar surface area (TPSA) is 89.3 Å². The number of hydrogen-bond acceptors (Lipinski definition) is 3. The first-order valence-corrected chi connectivity index (χ1v) is 10.9. The predicted molar refractivity (Wildman–Crippen MR) is 113 cm³/mol. The Morgan fingerprint density at radius 3 is 1.96 bits per heavy atom. The van der Waals surface area contributed by atoms with Gasteiger partial charge in [0, 0.05) is 16.9 Å². The molecule has 0 aliphatic rings. The van der Waals surface area contributed by atoms with Crippen molar-refractivity contribution in [2.24, 2.45) is 5.14 Å². The first-order chi connectivity index (χ1) is 13.4. The number of benzene rings is 3. The molecule has 0 aliphatic heterocycles. The van der Waals surface area contributed by atoms with Crippen molar-refractivity contribution in [3.05, 3.63) is 100 Å². The van der Waals surface area contributed by atoms with Crippen LogP contribution in [0.3, 0.4) is 0 Å². The van der Waals surface area contributed by atoms with E-state index in [-0.39, 0.29) is 22.3 Å². The molecule has 0 unspecified atom stereocenters. The molecule has 0 bridgehead atoms. The van der Waals surface area contributed by atoms with Gasteiger partial charge in [-0.2, -0.15) is 0 Å².